The van der Waals surface area contributed by atoms with Gasteiger partial charge in [-0.3, -0.25) is 4.98 Å². The van der Waals surface area contributed by atoms with Gasteiger partial charge in [-0.2, -0.15) is 0 Å². The molecule has 0 saturated carbocycles. The maximum atomic E-state index is 12.6. The van der Waals surface area contributed by atoms with Gasteiger partial charge in [0.2, 0.25) is 0 Å². The molecule has 1 rings (SSSR count). The Balaban J connectivity index is 3.05. The van der Waals surface area contributed by atoms with E-state index in [1.54, 1.807) is 6.07 Å². The van der Waals surface area contributed by atoms with E-state index < -0.39 is 5.82 Å². The maximum absolute atomic E-state index is 12.6. The first-order valence-corrected chi connectivity index (χ1v) is 3.80. The van der Waals surface area contributed by atoms with Crippen LogP contribution in [0, 0.1) is 5.82 Å². The molecule has 1 aromatic rings. The molecule has 0 radical (unpaired) electrons. The smallest absolute Gasteiger partial charge is 0.160 e. The Morgan fingerprint density at radius 3 is 2.64 bits per heavy atom. The number of halogens is 2. The number of aromatic nitrogens is 1. The van der Waals surface area contributed by atoms with Crippen molar-refractivity contribution in [2.24, 2.45) is 0 Å². The molecule has 0 aliphatic rings. The molecule has 0 aromatic carbocycles. The van der Waals surface area contributed by atoms with Gasteiger partial charge in [0.05, 0.1) is 11.2 Å². The first-order chi connectivity index (χ1) is 5.11. The van der Waals surface area contributed by atoms with Gasteiger partial charge in [-0.25, -0.2) is 4.39 Å². The normalized spacial score (nSPS) is 10.6. The molecule has 0 atom stereocenters. The van der Waals surface area contributed by atoms with E-state index in [0.717, 1.165) is 11.9 Å². The van der Waals surface area contributed by atoms with Crippen molar-refractivity contribution >= 4 is 11.6 Å². The standard InChI is InChI=1S/C8H9ClFN/c1-5(2)8-3-6(9)7(10)4-11-8/h3-5H,1-2H3. The zero-order valence-electron chi connectivity index (χ0n) is 6.44. The molecule has 1 aromatic heterocycles. The lowest BCUT2D eigenvalue weighted by molar-refractivity contribution is 0.617. The van der Waals surface area contributed by atoms with Crippen LogP contribution < -0.4 is 0 Å². The first kappa shape index (κ1) is 8.47. The van der Waals surface area contributed by atoms with Crippen LogP contribution in [0.15, 0.2) is 12.3 Å². The summed E-state index contributed by atoms with van der Waals surface area (Å²) in [6.07, 6.45) is 1.15. The number of hydrogen-bond acceptors (Lipinski definition) is 1. The van der Waals surface area contributed by atoms with Crippen LogP contribution in [0.4, 0.5) is 4.39 Å². The van der Waals surface area contributed by atoms with Gasteiger partial charge in [-0.15, -0.1) is 0 Å². The van der Waals surface area contributed by atoms with Crippen molar-refractivity contribution in [3.63, 3.8) is 0 Å². The minimum Gasteiger partial charge on any atom is -0.258 e. The third-order valence-electron chi connectivity index (χ3n) is 1.42. The van der Waals surface area contributed by atoms with Crippen molar-refractivity contribution in [3.8, 4) is 0 Å². The second-order valence-corrected chi connectivity index (χ2v) is 3.09. The van der Waals surface area contributed by atoms with E-state index >= 15 is 0 Å². The Hall–Kier alpha value is -0.630. The van der Waals surface area contributed by atoms with Crippen molar-refractivity contribution in [2.75, 3.05) is 0 Å². The molecule has 1 nitrogen and oxygen atoms in total. The highest BCUT2D eigenvalue weighted by Crippen LogP contribution is 2.18. The topological polar surface area (TPSA) is 12.9 Å². The zero-order valence-corrected chi connectivity index (χ0v) is 7.19. The maximum Gasteiger partial charge on any atom is 0.160 e. The lowest BCUT2D eigenvalue weighted by Gasteiger charge is -2.03. The molecule has 3 heteroatoms. The zero-order chi connectivity index (χ0) is 8.43. The Kier molecular flexibility index (Phi) is 2.45. The van der Waals surface area contributed by atoms with E-state index in [4.69, 9.17) is 11.6 Å². The highest BCUT2D eigenvalue weighted by atomic mass is 35.5. The SMILES string of the molecule is CC(C)c1cc(Cl)c(F)cn1. The van der Waals surface area contributed by atoms with E-state index in [1.807, 2.05) is 13.8 Å². The highest BCUT2D eigenvalue weighted by molar-refractivity contribution is 6.30. The van der Waals surface area contributed by atoms with Crippen LogP contribution in [0.1, 0.15) is 25.5 Å². The number of nitrogens with zero attached hydrogens (tertiary/aromatic N) is 1. The Labute approximate surface area is 70.2 Å². The summed E-state index contributed by atoms with van der Waals surface area (Å²) < 4.78 is 12.6. The molecule has 0 bridgehead atoms. The van der Waals surface area contributed by atoms with Crippen molar-refractivity contribution in [2.45, 2.75) is 19.8 Å². The number of pyridine rings is 1. The third kappa shape index (κ3) is 1.90. The van der Waals surface area contributed by atoms with Gasteiger partial charge in [-0.05, 0) is 12.0 Å². The van der Waals surface area contributed by atoms with Crippen LogP contribution in [0.2, 0.25) is 5.02 Å². The van der Waals surface area contributed by atoms with E-state index in [1.165, 1.54) is 0 Å². The number of rotatable bonds is 1. The van der Waals surface area contributed by atoms with Crippen LogP contribution in [-0.2, 0) is 0 Å². The van der Waals surface area contributed by atoms with Crippen LogP contribution in [-0.4, -0.2) is 4.98 Å². The molecule has 0 spiro atoms. The molecule has 0 saturated heterocycles. The number of hydrogen-bond donors (Lipinski definition) is 0. The summed E-state index contributed by atoms with van der Waals surface area (Å²) in [6.45, 7) is 3.97. The molecule has 60 valence electrons. The predicted molar refractivity (Wildman–Crippen MR) is 43.3 cm³/mol. The summed E-state index contributed by atoms with van der Waals surface area (Å²) in [4.78, 5) is 3.88. The van der Waals surface area contributed by atoms with Crippen molar-refractivity contribution in [1.29, 1.82) is 0 Å². The summed E-state index contributed by atoms with van der Waals surface area (Å²) in [5.41, 5.74) is 0.816. The fourth-order valence-corrected chi connectivity index (χ4v) is 0.905. The van der Waals surface area contributed by atoms with Gasteiger partial charge < -0.3 is 0 Å². The fraction of sp³-hybridized carbons (Fsp3) is 0.375. The highest BCUT2D eigenvalue weighted by Gasteiger charge is 2.04. The average Bonchev–Trinajstić information content (AvgIpc) is 1.94. The van der Waals surface area contributed by atoms with Crippen LogP contribution >= 0.6 is 11.6 Å². The van der Waals surface area contributed by atoms with Crippen LogP contribution in [0.25, 0.3) is 0 Å². The molecule has 0 N–H and O–H groups in total. The minimum absolute atomic E-state index is 0.142. The summed E-state index contributed by atoms with van der Waals surface area (Å²) in [5, 5.41) is 0.142. The molecule has 0 amide bonds. The van der Waals surface area contributed by atoms with E-state index in [-0.39, 0.29) is 10.9 Å². The Bertz CT molecular complexity index is 260. The fourth-order valence-electron chi connectivity index (χ4n) is 0.745. The van der Waals surface area contributed by atoms with E-state index in [2.05, 4.69) is 4.98 Å². The predicted octanol–water partition coefficient (Wildman–Crippen LogP) is 3.00. The molecular formula is C8H9ClFN. The monoisotopic (exact) mass is 173 g/mol. The van der Waals surface area contributed by atoms with E-state index in [0.29, 0.717) is 0 Å². The summed E-state index contributed by atoms with van der Waals surface area (Å²) in [7, 11) is 0. The first-order valence-electron chi connectivity index (χ1n) is 3.42. The lowest BCUT2D eigenvalue weighted by atomic mass is 10.1. The molecule has 0 aliphatic carbocycles. The third-order valence-corrected chi connectivity index (χ3v) is 1.71. The van der Waals surface area contributed by atoms with Gasteiger partial charge >= 0.3 is 0 Å². The largest absolute Gasteiger partial charge is 0.258 e. The molecule has 0 aliphatic heterocycles. The second kappa shape index (κ2) is 3.18. The Morgan fingerprint density at radius 2 is 2.18 bits per heavy atom. The average molecular weight is 174 g/mol. The molecular weight excluding hydrogens is 165 g/mol. The van der Waals surface area contributed by atoms with Gasteiger partial charge in [0.1, 0.15) is 0 Å². The van der Waals surface area contributed by atoms with E-state index in [9.17, 15) is 4.39 Å². The summed E-state index contributed by atoms with van der Waals surface area (Å²) in [5.74, 6) is -0.177. The molecule has 0 unspecified atom stereocenters. The van der Waals surface area contributed by atoms with Gasteiger partial charge in [0.15, 0.2) is 5.82 Å². The Morgan fingerprint density at radius 1 is 1.55 bits per heavy atom. The van der Waals surface area contributed by atoms with Crippen molar-refractivity contribution in [3.05, 3.63) is 28.8 Å². The van der Waals surface area contributed by atoms with Gasteiger partial charge in [-0.1, -0.05) is 25.4 Å². The van der Waals surface area contributed by atoms with Gasteiger partial charge in [0.25, 0.3) is 0 Å². The summed E-state index contributed by atoms with van der Waals surface area (Å²) >= 11 is 5.54. The van der Waals surface area contributed by atoms with Crippen molar-refractivity contribution in [1.82, 2.24) is 4.98 Å². The minimum atomic E-state index is -0.462. The van der Waals surface area contributed by atoms with Crippen LogP contribution in [0.3, 0.4) is 0 Å². The lowest BCUT2D eigenvalue weighted by Crippen LogP contribution is -1.92. The summed E-state index contributed by atoms with van der Waals surface area (Å²) in [6, 6.07) is 1.56. The van der Waals surface area contributed by atoms with Crippen LogP contribution in [0.5, 0.6) is 0 Å². The van der Waals surface area contributed by atoms with Gasteiger partial charge in [0, 0.05) is 5.69 Å². The van der Waals surface area contributed by atoms with Crippen molar-refractivity contribution < 1.29 is 4.39 Å². The molecule has 0 fully saturated rings. The molecule has 11 heavy (non-hydrogen) atoms. The quantitative estimate of drug-likeness (QED) is 0.636. The molecule has 1 heterocycles. The second-order valence-electron chi connectivity index (χ2n) is 2.68.